The predicted molar refractivity (Wildman–Crippen MR) is 247 cm³/mol. The number of pyridine rings is 1. The van der Waals surface area contributed by atoms with Crippen molar-refractivity contribution >= 4 is 61.3 Å². The number of halogens is 3. The molecular weight excluding hydrogens is 873 g/mol. The van der Waals surface area contributed by atoms with Crippen molar-refractivity contribution in [1.29, 1.82) is 0 Å². The van der Waals surface area contributed by atoms with Gasteiger partial charge in [-0.3, -0.25) is 14.8 Å². The fourth-order valence-corrected chi connectivity index (χ4v) is 8.92. The van der Waals surface area contributed by atoms with E-state index in [0.717, 1.165) is 92.0 Å². The lowest BCUT2D eigenvalue weighted by molar-refractivity contribution is 0.183. The van der Waals surface area contributed by atoms with E-state index >= 15 is 0 Å². The van der Waals surface area contributed by atoms with Crippen LogP contribution in [0.1, 0.15) is 38.5 Å². The SMILES string of the molecule is Clc1cc(-c2cnc3c(-c4ccnc5ccccc45)cnn3c2)ccc1OCCN1CCCCC1.Clc1cc(-c2cnc3c(Br)cnn3c2)ccc1OCCN1CCCCC1. The molecule has 0 unspecified atom stereocenters. The number of hydrogen-bond donors (Lipinski definition) is 0. The summed E-state index contributed by atoms with van der Waals surface area (Å²) in [7, 11) is 0. The highest BCUT2D eigenvalue weighted by molar-refractivity contribution is 9.10. The van der Waals surface area contributed by atoms with Crippen molar-refractivity contribution in [3.63, 3.8) is 0 Å². The Kier molecular flexibility index (Phi) is 13.0. The second-order valence-electron chi connectivity index (χ2n) is 15.4. The zero-order valence-electron chi connectivity index (χ0n) is 33.8. The van der Waals surface area contributed by atoms with Gasteiger partial charge < -0.3 is 9.47 Å². The van der Waals surface area contributed by atoms with Gasteiger partial charge in [0.2, 0.25) is 0 Å². The summed E-state index contributed by atoms with van der Waals surface area (Å²) in [4.78, 5) is 18.6. The van der Waals surface area contributed by atoms with Crippen LogP contribution in [0.5, 0.6) is 11.5 Å². The standard InChI is InChI=1S/C28H26ClN5O.C19H20BrClN4O/c29-25-16-20(8-9-27(25)35-15-14-33-12-4-1-5-13-33)21-17-31-28-24(18-32-34(28)19-21)22-10-11-30-26-7-3-2-6-23(22)26;20-16-12-23-25-13-15(11-22-19(16)25)14-4-5-18(17(21)10-14)26-9-8-24-6-2-1-3-7-24/h2-3,6-11,16-19H,1,4-5,12-15H2;4-5,10-13H,1-3,6-9H2. The van der Waals surface area contributed by atoms with Gasteiger partial charge in [0.15, 0.2) is 11.3 Å². The van der Waals surface area contributed by atoms with Crippen LogP contribution in [-0.4, -0.2) is 96.5 Å². The summed E-state index contributed by atoms with van der Waals surface area (Å²) < 4.78 is 16.3. The summed E-state index contributed by atoms with van der Waals surface area (Å²) in [6, 6.07) is 21.9. The number of rotatable bonds is 11. The van der Waals surface area contributed by atoms with Crippen LogP contribution < -0.4 is 9.47 Å². The van der Waals surface area contributed by atoms with Crippen LogP contribution in [0.15, 0.2) is 115 Å². The van der Waals surface area contributed by atoms with E-state index in [4.69, 9.17) is 37.7 Å². The van der Waals surface area contributed by atoms with Gasteiger partial charge in [-0.15, -0.1) is 0 Å². The number of aromatic nitrogens is 7. The highest BCUT2D eigenvalue weighted by atomic mass is 79.9. The van der Waals surface area contributed by atoms with Crippen molar-refractivity contribution in [3.8, 4) is 44.9 Å². The van der Waals surface area contributed by atoms with Gasteiger partial charge in [-0.25, -0.2) is 19.0 Å². The topological polar surface area (TPSA) is 98.2 Å². The van der Waals surface area contributed by atoms with Crippen LogP contribution in [-0.2, 0) is 0 Å². The average Bonchev–Trinajstić information content (AvgIpc) is 3.90. The zero-order chi connectivity index (χ0) is 41.5. The molecule has 312 valence electrons. The minimum Gasteiger partial charge on any atom is -0.491 e. The number of fused-ring (bicyclic) bond motifs is 3. The molecule has 2 saturated heterocycles. The molecule has 5 aromatic heterocycles. The van der Waals surface area contributed by atoms with E-state index in [2.05, 4.69) is 52.0 Å². The Morgan fingerprint density at radius 3 is 1.72 bits per heavy atom. The van der Waals surface area contributed by atoms with E-state index in [-0.39, 0.29) is 0 Å². The monoisotopic (exact) mass is 917 g/mol. The first-order valence-corrected chi connectivity index (χ1v) is 22.5. The summed E-state index contributed by atoms with van der Waals surface area (Å²) in [5.41, 5.74) is 8.44. The largest absolute Gasteiger partial charge is 0.491 e. The van der Waals surface area contributed by atoms with Crippen LogP contribution >= 0.6 is 39.1 Å². The zero-order valence-corrected chi connectivity index (χ0v) is 36.9. The molecule has 0 aliphatic carbocycles. The van der Waals surface area contributed by atoms with Gasteiger partial charge >= 0.3 is 0 Å². The van der Waals surface area contributed by atoms with Gasteiger partial charge in [0.25, 0.3) is 0 Å². The number of hydrogen-bond acceptors (Lipinski definition) is 9. The number of ether oxygens (including phenoxy) is 2. The van der Waals surface area contributed by atoms with Crippen LogP contribution in [0.4, 0.5) is 0 Å². The van der Waals surface area contributed by atoms with Crippen molar-refractivity contribution in [2.75, 3.05) is 52.5 Å². The van der Waals surface area contributed by atoms with Crippen molar-refractivity contribution in [2.24, 2.45) is 0 Å². The first-order chi connectivity index (χ1) is 30.0. The summed E-state index contributed by atoms with van der Waals surface area (Å²) in [5, 5.41) is 11.2. The fraction of sp³-hybridized carbons (Fsp3) is 0.298. The molecule has 10 rings (SSSR count). The maximum atomic E-state index is 6.57. The molecule has 2 fully saturated rings. The van der Waals surface area contributed by atoms with Crippen LogP contribution in [0, 0.1) is 0 Å². The lowest BCUT2D eigenvalue weighted by Gasteiger charge is -2.26. The summed E-state index contributed by atoms with van der Waals surface area (Å²) in [5.74, 6) is 1.44. The molecule has 7 heterocycles. The molecule has 61 heavy (non-hydrogen) atoms. The predicted octanol–water partition coefficient (Wildman–Crippen LogP) is 10.8. The summed E-state index contributed by atoms with van der Waals surface area (Å²) in [6.07, 6.45) is 20.9. The lowest BCUT2D eigenvalue weighted by atomic mass is 10.0. The Morgan fingerprint density at radius 1 is 0.557 bits per heavy atom. The van der Waals surface area contributed by atoms with Gasteiger partial charge in [-0.2, -0.15) is 10.2 Å². The smallest absolute Gasteiger partial charge is 0.169 e. The molecule has 2 aliphatic heterocycles. The van der Waals surface area contributed by atoms with Crippen LogP contribution in [0.25, 0.3) is 55.6 Å². The Hall–Kier alpha value is -5.11. The molecule has 0 N–H and O–H groups in total. The maximum Gasteiger partial charge on any atom is 0.169 e. The van der Waals surface area contributed by atoms with E-state index in [0.29, 0.717) is 29.0 Å². The Bertz CT molecular complexity index is 2760. The summed E-state index contributed by atoms with van der Waals surface area (Å²) >= 11 is 16.4. The molecule has 2 aliphatic rings. The van der Waals surface area contributed by atoms with Gasteiger partial charge in [-0.05, 0) is 121 Å². The second kappa shape index (κ2) is 19.3. The number of nitrogens with zero attached hydrogens (tertiary/aromatic N) is 9. The molecule has 0 atom stereocenters. The van der Waals surface area contributed by atoms with Crippen LogP contribution in [0.3, 0.4) is 0 Å². The number of benzene rings is 3. The van der Waals surface area contributed by atoms with E-state index in [1.54, 1.807) is 10.7 Å². The molecular formula is C47H46BrCl2N9O2. The molecule has 0 saturated carbocycles. The van der Waals surface area contributed by atoms with Gasteiger partial charge in [0, 0.05) is 66.2 Å². The normalized spacial score (nSPS) is 14.9. The van der Waals surface area contributed by atoms with Crippen molar-refractivity contribution in [1.82, 2.24) is 44.0 Å². The molecule has 8 aromatic rings. The van der Waals surface area contributed by atoms with E-state index in [1.165, 1.54) is 51.6 Å². The molecule has 0 amide bonds. The number of likely N-dealkylation sites (tertiary alicyclic amines) is 2. The highest BCUT2D eigenvalue weighted by Gasteiger charge is 2.15. The minimum atomic E-state index is 0.602. The maximum absolute atomic E-state index is 6.57. The average molecular weight is 920 g/mol. The van der Waals surface area contributed by atoms with Crippen molar-refractivity contribution in [2.45, 2.75) is 38.5 Å². The molecule has 14 heteroatoms. The fourth-order valence-electron chi connectivity index (χ4n) is 8.07. The summed E-state index contributed by atoms with van der Waals surface area (Å²) in [6.45, 7) is 7.88. The number of para-hydroxylation sites is 1. The second-order valence-corrected chi connectivity index (χ2v) is 17.1. The van der Waals surface area contributed by atoms with Crippen molar-refractivity contribution in [3.05, 3.63) is 125 Å². The third kappa shape index (κ3) is 9.69. The van der Waals surface area contributed by atoms with Crippen molar-refractivity contribution < 1.29 is 9.47 Å². The Balaban J connectivity index is 0.000000163. The lowest BCUT2D eigenvalue weighted by Crippen LogP contribution is -2.33. The quantitative estimate of drug-likeness (QED) is 0.126. The number of piperidine rings is 2. The molecule has 0 spiro atoms. The van der Waals surface area contributed by atoms with E-state index < -0.39 is 0 Å². The Morgan fingerprint density at radius 2 is 1.11 bits per heavy atom. The van der Waals surface area contributed by atoms with E-state index in [1.807, 2.05) is 102 Å². The van der Waals surface area contributed by atoms with Gasteiger partial charge in [-0.1, -0.05) is 66.4 Å². The minimum absolute atomic E-state index is 0.602. The molecule has 11 nitrogen and oxygen atoms in total. The first kappa shape index (κ1) is 41.3. The Labute approximate surface area is 373 Å². The highest BCUT2D eigenvalue weighted by Crippen LogP contribution is 2.34. The van der Waals surface area contributed by atoms with Gasteiger partial charge in [0.05, 0.1) is 32.4 Å². The van der Waals surface area contributed by atoms with Crippen LogP contribution in [0.2, 0.25) is 10.0 Å². The molecule has 3 aromatic carbocycles. The third-order valence-corrected chi connectivity index (χ3v) is 12.5. The van der Waals surface area contributed by atoms with E-state index in [9.17, 15) is 0 Å². The molecule has 0 radical (unpaired) electrons. The third-order valence-electron chi connectivity index (χ3n) is 11.4. The first-order valence-electron chi connectivity index (χ1n) is 20.9. The van der Waals surface area contributed by atoms with Gasteiger partial charge in [0.1, 0.15) is 24.7 Å². The molecule has 0 bridgehead atoms.